The Morgan fingerprint density at radius 1 is 1.33 bits per heavy atom. The number of amides is 1. The number of likely N-dealkylation sites (tertiary alicyclic amines) is 1. The first-order valence-corrected chi connectivity index (χ1v) is 7.98. The number of carbonyl (C=O) groups excluding carboxylic acids is 1. The molecule has 2 fully saturated rings. The fourth-order valence-electron chi connectivity index (χ4n) is 2.95. The molecule has 3 heterocycles. The van der Waals surface area contributed by atoms with Crippen LogP contribution in [0.5, 0.6) is 5.75 Å². The van der Waals surface area contributed by atoms with Gasteiger partial charge in [-0.1, -0.05) is 0 Å². The van der Waals surface area contributed by atoms with Gasteiger partial charge in [-0.15, -0.1) is 5.10 Å². The van der Waals surface area contributed by atoms with Gasteiger partial charge in [0.25, 0.3) is 5.56 Å². The topological polar surface area (TPSA) is 95.1 Å². The largest absolute Gasteiger partial charge is 0.486 e. The number of hydrogen-bond donors (Lipinski definition) is 0. The number of aryl methyl sites for hydroxylation is 1. The van der Waals surface area contributed by atoms with Crippen molar-refractivity contribution in [3.05, 3.63) is 34.5 Å². The van der Waals surface area contributed by atoms with Crippen LogP contribution in [0.3, 0.4) is 0 Å². The number of hydrogen-bond acceptors (Lipinski definition) is 6. The van der Waals surface area contributed by atoms with Crippen molar-refractivity contribution >= 4 is 5.91 Å². The lowest BCUT2D eigenvalue weighted by Crippen LogP contribution is -2.57. The van der Waals surface area contributed by atoms with Gasteiger partial charge in [-0.25, -0.2) is 4.68 Å². The third-order valence-electron chi connectivity index (χ3n) is 4.34. The summed E-state index contributed by atoms with van der Waals surface area (Å²) in [5.74, 6) is 0.523. The van der Waals surface area contributed by atoms with E-state index in [4.69, 9.17) is 4.74 Å². The number of tetrazole rings is 1. The molecule has 0 unspecified atom stereocenters. The van der Waals surface area contributed by atoms with Gasteiger partial charge in [0.05, 0.1) is 13.1 Å². The van der Waals surface area contributed by atoms with Crippen LogP contribution in [0.2, 0.25) is 0 Å². The Morgan fingerprint density at radius 3 is 2.75 bits per heavy atom. The van der Waals surface area contributed by atoms with E-state index < -0.39 is 0 Å². The molecular weight excluding hydrogens is 312 g/mol. The zero-order valence-corrected chi connectivity index (χ0v) is 13.3. The van der Waals surface area contributed by atoms with Gasteiger partial charge in [0.15, 0.2) is 0 Å². The Balaban J connectivity index is 1.33. The molecule has 1 saturated heterocycles. The molecule has 2 aromatic rings. The van der Waals surface area contributed by atoms with E-state index >= 15 is 0 Å². The molecule has 2 aromatic heterocycles. The van der Waals surface area contributed by atoms with Crippen LogP contribution in [-0.2, 0) is 11.3 Å². The van der Waals surface area contributed by atoms with Crippen LogP contribution in [0.4, 0.5) is 0 Å². The van der Waals surface area contributed by atoms with Crippen molar-refractivity contribution in [1.29, 1.82) is 0 Å². The van der Waals surface area contributed by atoms with Gasteiger partial charge in [-0.05, 0) is 36.3 Å². The SMILES string of the molecule is Cc1cc(OC2CN(C(=O)Cn3cnnn3)C2)cc(=O)n1C1CC1. The quantitative estimate of drug-likeness (QED) is 0.751. The minimum absolute atomic E-state index is 0.0153. The predicted octanol–water partition coefficient (Wildman–Crippen LogP) is -0.232. The normalized spacial score (nSPS) is 17.6. The maximum Gasteiger partial charge on any atom is 0.254 e. The summed E-state index contributed by atoms with van der Waals surface area (Å²) < 4.78 is 9.04. The molecule has 0 radical (unpaired) electrons. The lowest BCUT2D eigenvalue weighted by molar-refractivity contribution is -0.140. The molecule has 24 heavy (non-hydrogen) atoms. The highest BCUT2D eigenvalue weighted by Crippen LogP contribution is 2.35. The molecule has 4 rings (SSSR count). The molecule has 0 aromatic carbocycles. The second kappa shape index (κ2) is 5.73. The van der Waals surface area contributed by atoms with Crippen molar-refractivity contribution in [3.8, 4) is 5.75 Å². The van der Waals surface area contributed by atoms with E-state index in [1.54, 1.807) is 4.90 Å². The Labute approximate surface area is 137 Å². The van der Waals surface area contributed by atoms with E-state index in [9.17, 15) is 9.59 Å². The summed E-state index contributed by atoms with van der Waals surface area (Å²) in [6.07, 6.45) is 3.46. The van der Waals surface area contributed by atoms with E-state index in [-0.39, 0.29) is 24.1 Å². The summed E-state index contributed by atoms with van der Waals surface area (Å²) in [4.78, 5) is 25.9. The highest BCUT2D eigenvalue weighted by atomic mass is 16.5. The average Bonchev–Trinajstić information content (AvgIpc) is 3.18. The van der Waals surface area contributed by atoms with E-state index in [0.717, 1.165) is 18.5 Å². The summed E-state index contributed by atoms with van der Waals surface area (Å²) in [5, 5.41) is 10.7. The second-order valence-electron chi connectivity index (χ2n) is 6.32. The van der Waals surface area contributed by atoms with Crippen molar-refractivity contribution in [2.45, 2.75) is 38.5 Å². The van der Waals surface area contributed by atoms with Gasteiger partial charge in [-0.3, -0.25) is 9.59 Å². The summed E-state index contributed by atoms with van der Waals surface area (Å²) >= 11 is 0. The first-order valence-electron chi connectivity index (χ1n) is 7.98. The molecule has 9 heteroatoms. The van der Waals surface area contributed by atoms with Crippen molar-refractivity contribution in [2.24, 2.45) is 0 Å². The highest BCUT2D eigenvalue weighted by Gasteiger charge is 2.33. The summed E-state index contributed by atoms with van der Waals surface area (Å²) in [6.45, 7) is 3.06. The summed E-state index contributed by atoms with van der Waals surface area (Å²) in [6, 6.07) is 3.79. The molecule has 0 spiro atoms. The van der Waals surface area contributed by atoms with E-state index in [1.165, 1.54) is 17.1 Å². The van der Waals surface area contributed by atoms with E-state index in [0.29, 0.717) is 24.9 Å². The number of rotatable bonds is 5. The van der Waals surface area contributed by atoms with Crippen LogP contribution in [0.25, 0.3) is 0 Å². The van der Waals surface area contributed by atoms with Gasteiger partial charge in [0.2, 0.25) is 5.91 Å². The van der Waals surface area contributed by atoms with Crippen LogP contribution in [-0.4, -0.2) is 54.8 Å². The van der Waals surface area contributed by atoms with Gasteiger partial charge in [0, 0.05) is 17.8 Å². The average molecular weight is 330 g/mol. The first kappa shape index (κ1) is 14.9. The molecule has 0 N–H and O–H groups in total. The molecule has 126 valence electrons. The third-order valence-corrected chi connectivity index (χ3v) is 4.34. The molecule has 1 aliphatic heterocycles. The summed E-state index contributed by atoms with van der Waals surface area (Å²) in [5.41, 5.74) is 0.907. The molecule has 1 saturated carbocycles. The van der Waals surface area contributed by atoms with Gasteiger partial charge >= 0.3 is 0 Å². The zero-order valence-electron chi connectivity index (χ0n) is 13.3. The van der Waals surface area contributed by atoms with Crippen LogP contribution >= 0.6 is 0 Å². The standard InChI is InChI=1S/C15H18N6O3/c1-10-4-12(5-14(22)21(10)11-2-3-11)24-13-6-19(7-13)15(23)8-20-9-16-17-18-20/h4-5,9,11,13H,2-3,6-8H2,1H3. The molecular formula is C15H18N6O3. The minimum Gasteiger partial charge on any atom is -0.486 e. The monoisotopic (exact) mass is 330 g/mol. The molecule has 0 bridgehead atoms. The summed E-state index contributed by atoms with van der Waals surface area (Å²) in [7, 11) is 0. The number of ether oxygens (including phenoxy) is 1. The van der Waals surface area contributed by atoms with Crippen molar-refractivity contribution in [3.63, 3.8) is 0 Å². The smallest absolute Gasteiger partial charge is 0.254 e. The van der Waals surface area contributed by atoms with E-state index in [2.05, 4.69) is 15.5 Å². The minimum atomic E-state index is -0.0848. The van der Waals surface area contributed by atoms with E-state index in [1.807, 2.05) is 17.6 Å². The Bertz CT molecular complexity index is 805. The Morgan fingerprint density at radius 2 is 2.12 bits per heavy atom. The molecule has 1 aliphatic carbocycles. The maximum absolute atomic E-state index is 12.2. The van der Waals surface area contributed by atoms with Gasteiger partial charge in [0.1, 0.15) is 24.7 Å². The van der Waals surface area contributed by atoms with Crippen LogP contribution in [0.1, 0.15) is 24.6 Å². The third kappa shape index (κ3) is 2.89. The van der Waals surface area contributed by atoms with Crippen molar-refractivity contribution < 1.29 is 9.53 Å². The number of pyridine rings is 1. The number of nitrogens with zero attached hydrogens (tertiary/aromatic N) is 6. The van der Waals surface area contributed by atoms with Gasteiger partial charge < -0.3 is 14.2 Å². The molecule has 9 nitrogen and oxygen atoms in total. The number of aromatic nitrogens is 5. The Hall–Kier alpha value is -2.71. The molecule has 1 amide bonds. The molecule has 2 aliphatic rings. The molecule has 0 atom stereocenters. The fourth-order valence-corrected chi connectivity index (χ4v) is 2.95. The fraction of sp³-hybridized carbons (Fsp3) is 0.533. The van der Waals surface area contributed by atoms with Crippen molar-refractivity contribution in [2.75, 3.05) is 13.1 Å². The first-order chi connectivity index (χ1) is 11.6. The second-order valence-corrected chi connectivity index (χ2v) is 6.32. The zero-order chi connectivity index (χ0) is 16.7. The maximum atomic E-state index is 12.2. The van der Waals surface area contributed by atoms with Crippen LogP contribution in [0, 0.1) is 6.92 Å². The number of carbonyl (C=O) groups is 1. The van der Waals surface area contributed by atoms with Gasteiger partial charge in [-0.2, -0.15) is 0 Å². The lowest BCUT2D eigenvalue weighted by atomic mass is 10.1. The van der Waals surface area contributed by atoms with Crippen molar-refractivity contribution in [1.82, 2.24) is 29.7 Å². The lowest BCUT2D eigenvalue weighted by Gasteiger charge is -2.38. The predicted molar refractivity (Wildman–Crippen MR) is 82.5 cm³/mol. The van der Waals surface area contributed by atoms with Crippen LogP contribution < -0.4 is 10.3 Å². The Kier molecular flexibility index (Phi) is 3.55. The highest BCUT2D eigenvalue weighted by molar-refractivity contribution is 5.76. The van der Waals surface area contributed by atoms with Crippen LogP contribution in [0.15, 0.2) is 23.3 Å².